The summed E-state index contributed by atoms with van der Waals surface area (Å²) in [4.78, 5) is 38.0. The van der Waals surface area contributed by atoms with Gasteiger partial charge in [-0.15, -0.1) is 0 Å². The van der Waals surface area contributed by atoms with E-state index in [1.165, 1.54) is 19.1 Å². The molecule has 1 heterocycles. The van der Waals surface area contributed by atoms with Gasteiger partial charge in [0.15, 0.2) is 0 Å². The highest BCUT2D eigenvalue weighted by atomic mass is 16.4. The minimum atomic E-state index is -1.08. The first-order valence-electron chi connectivity index (χ1n) is 6.71. The van der Waals surface area contributed by atoms with Crippen LogP contribution in [0, 0.1) is 6.92 Å². The van der Waals surface area contributed by atoms with E-state index in [2.05, 4.69) is 15.6 Å². The van der Waals surface area contributed by atoms with Gasteiger partial charge in [-0.1, -0.05) is 6.92 Å². The number of rotatable bonds is 7. The quantitative estimate of drug-likeness (QED) is 0.687. The molecule has 0 saturated carbocycles. The van der Waals surface area contributed by atoms with E-state index in [0.717, 1.165) is 6.42 Å². The van der Waals surface area contributed by atoms with E-state index < -0.39 is 11.9 Å². The molecule has 21 heavy (non-hydrogen) atoms. The number of pyridine rings is 1. The molecule has 7 heteroatoms. The average molecular weight is 293 g/mol. The van der Waals surface area contributed by atoms with Crippen LogP contribution in [0.1, 0.15) is 46.3 Å². The molecule has 7 nitrogen and oxygen atoms in total. The van der Waals surface area contributed by atoms with E-state index in [1.807, 2.05) is 6.92 Å². The van der Waals surface area contributed by atoms with Crippen molar-refractivity contribution in [2.75, 3.05) is 13.1 Å². The maximum atomic E-state index is 11.8. The second-order valence-corrected chi connectivity index (χ2v) is 4.49. The second kappa shape index (κ2) is 7.98. The molecule has 0 aliphatic rings. The van der Waals surface area contributed by atoms with Crippen LogP contribution >= 0.6 is 0 Å². The summed E-state index contributed by atoms with van der Waals surface area (Å²) in [5.74, 6) is -1.64. The Morgan fingerprint density at radius 3 is 2.48 bits per heavy atom. The van der Waals surface area contributed by atoms with E-state index in [4.69, 9.17) is 5.11 Å². The molecule has 0 unspecified atom stereocenters. The number of carboxylic acid groups (broad SMARTS) is 1. The number of aryl methyl sites for hydroxylation is 1. The Bertz CT molecular complexity index is 543. The molecule has 1 aromatic rings. The molecule has 1 aromatic heterocycles. The highest BCUT2D eigenvalue weighted by Gasteiger charge is 2.13. The van der Waals surface area contributed by atoms with Crippen molar-refractivity contribution in [2.24, 2.45) is 0 Å². The van der Waals surface area contributed by atoms with Crippen LogP contribution < -0.4 is 10.6 Å². The lowest BCUT2D eigenvalue weighted by atomic mass is 10.2. The normalized spacial score (nSPS) is 10.0. The van der Waals surface area contributed by atoms with Gasteiger partial charge in [0.1, 0.15) is 5.69 Å². The number of hydrogen-bond donors (Lipinski definition) is 3. The number of nitrogens with zero attached hydrogens (tertiary/aromatic N) is 1. The first kappa shape index (κ1) is 16.6. The van der Waals surface area contributed by atoms with Crippen molar-refractivity contribution in [3.63, 3.8) is 0 Å². The van der Waals surface area contributed by atoms with E-state index in [0.29, 0.717) is 6.54 Å². The fourth-order valence-corrected chi connectivity index (χ4v) is 1.65. The summed E-state index contributed by atoms with van der Waals surface area (Å²) < 4.78 is 0. The number of hydrogen-bond acceptors (Lipinski definition) is 4. The van der Waals surface area contributed by atoms with Gasteiger partial charge in [0.05, 0.1) is 11.3 Å². The summed E-state index contributed by atoms with van der Waals surface area (Å²) in [7, 11) is 0. The van der Waals surface area contributed by atoms with Crippen LogP contribution in [-0.4, -0.2) is 41.0 Å². The summed E-state index contributed by atoms with van der Waals surface area (Å²) in [6, 6.07) is 2.69. The monoisotopic (exact) mass is 293 g/mol. The van der Waals surface area contributed by atoms with Gasteiger partial charge in [0.2, 0.25) is 5.91 Å². The van der Waals surface area contributed by atoms with Crippen molar-refractivity contribution in [2.45, 2.75) is 26.7 Å². The van der Waals surface area contributed by atoms with Crippen LogP contribution in [0.15, 0.2) is 12.1 Å². The highest BCUT2D eigenvalue weighted by molar-refractivity contribution is 5.94. The molecule has 0 aromatic carbocycles. The number of carbonyl (C=O) groups excluding carboxylic acids is 2. The van der Waals surface area contributed by atoms with E-state index in [1.54, 1.807) is 0 Å². The smallest absolute Gasteiger partial charge is 0.337 e. The zero-order chi connectivity index (χ0) is 15.8. The fraction of sp³-hybridized carbons (Fsp3) is 0.429. The Labute approximate surface area is 122 Å². The van der Waals surface area contributed by atoms with E-state index >= 15 is 0 Å². The summed E-state index contributed by atoms with van der Waals surface area (Å²) in [5, 5.41) is 14.2. The fourth-order valence-electron chi connectivity index (χ4n) is 1.65. The van der Waals surface area contributed by atoms with Gasteiger partial charge in [-0.05, 0) is 25.5 Å². The summed E-state index contributed by atoms with van der Waals surface area (Å²) in [5.41, 5.74) is 0.466. The minimum Gasteiger partial charge on any atom is -0.478 e. The number of amides is 2. The van der Waals surface area contributed by atoms with Crippen LogP contribution in [0.4, 0.5) is 0 Å². The second-order valence-electron chi connectivity index (χ2n) is 4.49. The largest absolute Gasteiger partial charge is 0.478 e. The molecular formula is C14H19N3O4. The molecule has 0 aliphatic carbocycles. The third-order valence-electron chi connectivity index (χ3n) is 2.76. The molecule has 0 saturated heterocycles. The maximum absolute atomic E-state index is 11.8. The van der Waals surface area contributed by atoms with Gasteiger partial charge in [-0.3, -0.25) is 9.59 Å². The van der Waals surface area contributed by atoms with Crippen LogP contribution in [0.2, 0.25) is 0 Å². The zero-order valence-corrected chi connectivity index (χ0v) is 12.1. The number of carbonyl (C=O) groups is 3. The van der Waals surface area contributed by atoms with Crippen LogP contribution in [0.25, 0.3) is 0 Å². The van der Waals surface area contributed by atoms with Gasteiger partial charge in [0, 0.05) is 19.5 Å². The SMILES string of the molecule is CCCNC(=O)CCNC(=O)c1ccc(C(=O)O)c(C)n1. The molecular weight excluding hydrogens is 274 g/mol. The number of nitrogens with one attached hydrogen (secondary N) is 2. The number of aromatic nitrogens is 1. The topological polar surface area (TPSA) is 108 Å². The van der Waals surface area contributed by atoms with E-state index in [-0.39, 0.29) is 35.8 Å². The van der Waals surface area contributed by atoms with Gasteiger partial charge in [-0.2, -0.15) is 0 Å². The van der Waals surface area contributed by atoms with Gasteiger partial charge >= 0.3 is 5.97 Å². The lowest BCUT2D eigenvalue weighted by molar-refractivity contribution is -0.120. The van der Waals surface area contributed by atoms with Gasteiger partial charge < -0.3 is 15.7 Å². The molecule has 0 radical (unpaired) electrons. The molecule has 0 spiro atoms. The predicted octanol–water partition coefficient (Wildman–Crippen LogP) is 0.734. The lowest BCUT2D eigenvalue weighted by Crippen LogP contribution is -2.31. The molecule has 0 aliphatic heterocycles. The van der Waals surface area contributed by atoms with Crippen LogP contribution in [0.5, 0.6) is 0 Å². The third-order valence-corrected chi connectivity index (χ3v) is 2.76. The minimum absolute atomic E-state index is 0.0606. The third kappa shape index (κ3) is 5.21. The average Bonchev–Trinajstić information content (AvgIpc) is 2.44. The van der Waals surface area contributed by atoms with Crippen LogP contribution in [-0.2, 0) is 4.79 Å². The molecule has 3 N–H and O–H groups in total. The van der Waals surface area contributed by atoms with Gasteiger partial charge in [-0.25, -0.2) is 9.78 Å². The van der Waals surface area contributed by atoms with Crippen molar-refractivity contribution in [3.8, 4) is 0 Å². The van der Waals surface area contributed by atoms with Crippen molar-refractivity contribution >= 4 is 17.8 Å². The predicted molar refractivity (Wildman–Crippen MR) is 76.2 cm³/mol. The number of aromatic carboxylic acids is 1. The Morgan fingerprint density at radius 1 is 1.19 bits per heavy atom. The molecule has 1 rings (SSSR count). The molecule has 2 amide bonds. The molecule has 0 atom stereocenters. The molecule has 114 valence electrons. The van der Waals surface area contributed by atoms with E-state index in [9.17, 15) is 14.4 Å². The number of carboxylic acids is 1. The van der Waals surface area contributed by atoms with Crippen molar-refractivity contribution in [3.05, 3.63) is 29.1 Å². The summed E-state index contributed by atoms with van der Waals surface area (Å²) >= 11 is 0. The Balaban J connectivity index is 2.51. The first-order chi connectivity index (χ1) is 9.95. The zero-order valence-electron chi connectivity index (χ0n) is 12.1. The van der Waals surface area contributed by atoms with Crippen molar-refractivity contribution in [1.82, 2.24) is 15.6 Å². The van der Waals surface area contributed by atoms with Crippen molar-refractivity contribution < 1.29 is 19.5 Å². The maximum Gasteiger partial charge on any atom is 0.337 e. The Hall–Kier alpha value is -2.44. The molecule has 0 fully saturated rings. The Kier molecular flexibility index (Phi) is 6.32. The summed E-state index contributed by atoms with van der Waals surface area (Å²) in [6.45, 7) is 4.30. The van der Waals surface area contributed by atoms with Gasteiger partial charge in [0.25, 0.3) is 5.91 Å². The first-order valence-corrected chi connectivity index (χ1v) is 6.71. The Morgan fingerprint density at radius 2 is 1.90 bits per heavy atom. The standard InChI is InChI=1S/C14H19N3O4/c1-3-7-15-12(18)6-8-16-13(19)11-5-4-10(14(20)21)9(2)17-11/h4-5H,3,6-8H2,1-2H3,(H,15,18)(H,16,19)(H,20,21). The highest BCUT2D eigenvalue weighted by Crippen LogP contribution is 2.06. The lowest BCUT2D eigenvalue weighted by Gasteiger charge is -2.07. The summed E-state index contributed by atoms with van der Waals surface area (Å²) in [6.07, 6.45) is 1.05. The molecule has 0 bridgehead atoms. The van der Waals surface area contributed by atoms with Crippen LogP contribution in [0.3, 0.4) is 0 Å². The van der Waals surface area contributed by atoms with Crippen molar-refractivity contribution in [1.29, 1.82) is 0 Å².